The summed E-state index contributed by atoms with van der Waals surface area (Å²) in [6, 6.07) is 0. The van der Waals surface area contributed by atoms with E-state index in [0.717, 1.165) is 6.20 Å². The molecule has 0 unspecified atom stereocenters. The molecule has 0 saturated heterocycles. The van der Waals surface area contributed by atoms with Gasteiger partial charge in [-0.25, -0.2) is 0 Å². The second-order valence-electron chi connectivity index (χ2n) is 1.98. The standard InChI is InChI=1S/C6H2BrF3INO/c7-3-1-12-2-4(5(3)11)13-6(8,9)10/h1-2H. The first-order valence-corrected chi connectivity index (χ1v) is 4.82. The molecule has 13 heavy (non-hydrogen) atoms. The largest absolute Gasteiger partial charge is 0.573 e. The van der Waals surface area contributed by atoms with E-state index in [2.05, 4.69) is 25.7 Å². The quantitative estimate of drug-likeness (QED) is 0.710. The Labute approximate surface area is 93.8 Å². The third-order valence-electron chi connectivity index (χ3n) is 1.03. The van der Waals surface area contributed by atoms with Crippen LogP contribution in [0.1, 0.15) is 0 Å². The Balaban J connectivity index is 2.96. The van der Waals surface area contributed by atoms with Crippen molar-refractivity contribution in [2.75, 3.05) is 0 Å². The highest BCUT2D eigenvalue weighted by Crippen LogP contribution is 2.30. The lowest BCUT2D eigenvalue weighted by atomic mass is 10.5. The molecule has 0 spiro atoms. The van der Waals surface area contributed by atoms with E-state index in [-0.39, 0.29) is 5.75 Å². The average Bonchev–Trinajstić information content (AvgIpc) is 1.96. The van der Waals surface area contributed by atoms with Crippen LogP contribution in [-0.4, -0.2) is 11.3 Å². The summed E-state index contributed by atoms with van der Waals surface area (Å²) in [7, 11) is 0. The van der Waals surface area contributed by atoms with E-state index < -0.39 is 6.36 Å². The van der Waals surface area contributed by atoms with Gasteiger partial charge in [0, 0.05) is 6.20 Å². The zero-order valence-corrected chi connectivity index (χ0v) is 9.64. The van der Waals surface area contributed by atoms with E-state index in [9.17, 15) is 13.2 Å². The van der Waals surface area contributed by atoms with E-state index >= 15 is 0 Å². The molecule has 0 fully saturated rings. The lowest BCUT2D eigenvalue weighted by molar-refractivity contribution is -0.275. The number of pyridine rings is 1. The number of ether oxygens (including phenoxy) is 1. The summed E-state index contributed by atoms with van der Waals surface area (Å²) in [5, 5.41) is 0. The highest BCUT2D eigenvalue weighted by atomic mass is 127. The van der Waals surface area contributed by atoms with Crippen LogP contribution in [0.2, 0.25) is 0 Å². The van der Waals surface area contributed by atoms with Crippen LogP contribution in [0.4, 0.5) is 13.2 Å². The van der Waals surface area contributed by atoms with Crippen LogP contribution in [-0.2, 0) is 0 Å². The van der Waals surface area contributed by atoms with Crippen LogP contribution >= 0.6 is 38.5 Å². The summed E-state index contributed by atoms with van der Waals surface area (Å²) in [5.41, 5.74) is 0. The Morgan fingerprint density at radius 3 is 2.54 bits per heavy atom. The summed E-state index contributed by atoms with van der Waals surface area (Å²) < 4.78 is 39.9. The van der Waals surface area contributed by atoms with Crippen molar-refractivity contribution in [3.05, 3.63) is 20.4 Å². The zero-order valence-electron chi connectivity index (χ0n) is 5.90. The first-order chi connectivity index (χ1) is 5.90. The minimum atomic E-state index is -4.68. The number of alkyl halides is 3. The molecule has 2 nitrogen and oxygen atoms in total. The van der Waals surface area contributed by atoms with Crippen molar-refractivity contribution < 1.29 is 17.9 Å². The van der Waals surface area contributed by atoms with E-state index in [1.54, 1.807) is 22.6 Å². The van der Waals surface area contributed by atoms with E-state index in [0.29, 0.717) is 8.04 Å². The molecule has 7 heteroatoms. The minimum Gasteiger partial charge on any atom is -0.403 e. The monoisotopic (exact) mass is 367 g/mol. The van der Waals surface area contributed by atoms with Crippen LogP contribution < -0.4 is 4.74 Å². The van der Waals surface area contributed by atoms with Gasteiger partial charge in [-0.3, -0.25) is 4.98 Å². The molecule has 0 N–H and O–H groups in total. The predicted octanol–water partition coefficient (Wildman–Crippen LogP) is 3.35. The fourth-order valence-corrected chi connectivity index (χ4v) is 1.30. The van der Waals surface area contributed by atoms with Crippen molar-refractivity contribution in [3.8, 4) is 5.75 Å². The van der Waals surface area contributed by atoms with E-state index in [1.165, 1.54) is 6.20 Å². The van der Waals surface area contributed by atoms with Gasteiger partial charge in [-0.05, 0) is 38.5 Å². The smallest absolute Gasteiger partial charge is 0.403 e. The molecule has 0 atom stereocenters. The molecule has 1 aromatic rings. The number of hydrogen-bond acceptors (Lipinski definition) is 2. The fraction of sp³-hybridized carbons (Fsp3) is 0.167. The number of aromatic nitrogens is 1. The third-order valence-corrected chi connectivity index (χ3v) is 3.49. The maximum Gasteiger partial charge on any atom is 0.573 e. The first kappa shape index (κ1) is 11.0. The van der Waals surface area contributed by atoms with Crippen LogP contribution in [0.15, 0.2) is 16.9 Å². The minimum absolute atomic E-state index is 0.303. The Bertz CT molecular complexity index is 317. The van der Waals surface area contributed by atoms with Crippen molar-refractivity contribution >= 4 is 38.5 Å². The highest BCUT2D eigenvalue weighted by Gasteiger charge is 2.32. The molecule has 0 bridgehead atoms. The Morgan fingerprint density at radius 2 is 2.00 bits per heavy atom. The van der Waals surface area contributed by atoms with Crippen molar-refractivity contribution in [2.24, 2.45) is 0 Å². The maximum atomic E-state index is 11.8. The van der Waals surface area contributed by atoms with Gasteiger partial charge in [-0.2, -0.15) is 0 Å². The topological polar surface area (TPSA) is 22.1 Å². The van der Waals surface area contributed by atoms with Crippen molar-refractivity contribution in [2.45, 2.75) is 6.36 Å². The average molecular weight is 368 g/mol. The molecule has 72 valence electrons. The normalized spacial score (nSPS) is 11.5. The number of hydrogen-bond donors (Lipinski definition) is 0. The molecular formula is C6H2BrF3INO. The fourth-order valence-electron chi connectivity index (χ4n) is 0.597. The van der Waals surface area contributed by atoms with Gasteiger partial charge < -0.3 is 4.74 Å². The van der Waals surface area contributed by atoms with Crippen molar-refractivity contribution in [1.82, 2.24) is 4.98 Å². The van der Waals surface area contributed by atoms with Gasteiger partial charge in [0.1, 0.15) is 0 Å². The van der Waals surface area contributed by atoms with Crippen LogP contribution in [0.3, 0.4) is 0 Å². The molecule has 0 radical (unpaired) electrons. The molecule has 0 aliphatic carbocycles. The number of rotatable bonds is 1. The maximum absolute atomic E-state index is 11.8. The van der Waals surface area contributed by atoms with Crippen molar-refractivity contribution in [1.29, 1.82) is 0 Å². The lowest BCUT2D eigenvalue weighted by Crippen LogP contribution is -2.18. The lowest BCUT2D eigenvalue weighted by Gasteiger charge is -2.10. The van der Waals surface area contributed by atoms with Crippen LogP contribution in [0.5, 0.6) is 5.75 Å². The summed E-state index contributed by atoms with van der Waals surface area (Å²) in [6.07, 6.45) is -2.27. The molecular weight excluding hydrogens is 366 g/mol. The second kappa shape index (κ2) is 3.99. The summed E-state index contributed by atoms with van der Waals surface area (Å²) in [6.45, 7) is 0. The molecule has 0 aromatic carbocycles. The summed E-state index contributed by atoms with van der Waals surface area (Å²) in [5.74, 6) is -0.303. The van der Waals surface area contributed by atoms with Gasteiger partial charge >= 0.3 is 6.36 Å². The zero-order chi connectivity index (χ0) is 10.1. The van der Waals surface area contributed by atoms with Gasteiger partial charge in [-0.15, -0.1) is 13.2 Å². The number of halogens is 5. The molecule has 1 heterocycles. The van der Waals surface area contributed by atoms with Gasteiger partial charge in [-0.1, -0.05) is 0 Å². The van der Waals surface area contributed by atoms with Crippen LogP contribution in [0, 0.1) is 3.57 Å². The first-order valence-electron chi connectivity index (χ1n) is 2.95. The molecule has 1 rings (SSSR count). The molecule has 0 saturated carbocycles. The Kier molecular flexibility index (Phi) is 3.38. The predicted molar refractivity (Wildman–Crippen MR) is 51.3 cm³/mol. The van der Waals surface area contributed by atoms with E-state index in [1.807, 2.05) is 0 Å². The van der Waals surface area contributed by atoms with Gasteiger partial charge in [0.05, 0.1) is 14.2 Å². The van der Waals surface area contributed by atoms with Gasteiger partial charge in [0.2, 0.25) is 0 Å². The molecule has 1 aromatic heterocycles. The molecule has 0 aliphatic rings. The molecule has 0 aliphatic heterocycles. The Hall–Kier alpha value is -0.0500. The third kappa shape index (κ3) is 3.29. The SMILES string of the molecule is FC(F)(F)Oc1cncc(Br)c1I. The van der Waals surface area contributed by atoms with Crippen molar-refractivity contribution in [3.63, 3.8) is 0 Å². The summed E-state index contributed by atoms with van der Waals surface area (Å²) in [4.78, 5) is 3.55. The molecule has 0 amide bonds. The van der Waals surface area contributed by atoms with E-state index in [4.69, 9.17) is 0 Å². The highest BCUT2D eigenvalue weighted by molar-refractivity contribution is 14.1. The number of nitrogens with zero attached hydrogens (tertiary/aromatic N) is 1. The summed E-state index contributed by atoms with van der Waals surface area (Å²) >= 11 is 4.77. The van der Waals surface area contributed by atoms with Gasteiger partial charge in [0.25, 0.3) is 0 Å². The second-order valence-corrected chi connectivity index (χ2v) is 3.91. The van der Waals surface area contributed by atoms with Gasteiger partial charge in [0.15, 0.2) is 5.75 Å². The Morgan fingerprint density at radius 1 is 1.38 bits per heavy atom. The van der Waals surface area contributed by atoms with Crippen LogP contribution in [0.25, 0.3) is 0 Å².